The maximum Gasteiger partial charge on any atom is 0.254 e. The summed E-state index contributed by atoms with van der Waals surface area (Å²) in [4.78, 5) is 14.3. The molecule has 2 rings (SSSR count). The van der Waals surface area contributed by atoms with Gasteiger partial charge in [-0.15, -0.1) is 0 Å². The van der Waals surface area contributed by atoms with E-state index in [-0.39, 0.29) is 5.91 Å². The van der Waals surface area contributed by atoms with Gasteiger partial charge in [-0.3, -0.25) is 4.79 Å². The number of hydrogen-bond acceptors (Lipinski definition) is 1. The smallest absolute Gasteiger partial charge is 0.254 e. The highest BCUT2D eigenvalue weighted by atomic mass is 127. The van der Waals surface area contributed by atoms with Gasteiger partial charge in [-0.1, -0.05) is 23.2 Å². The van der Waals surface area contributed by atoms with Crippen LogP contribution in [0.1, 0.15) is 36.5 Å². The van der Waals surface area contributed by atoms with Crippen LogP contribution in [-0.2, 0) is 0 Å². The van der Waals surface area contributed by atoms with Gasteiger partial charge in [0.05, 0.1) is 13.6 Å². The molecule has 18 heavy (non-hydrogen) atoms. The van der Waals surface area contributed by atoms with Gasteiger partial charge in [-0.05, 0) is 60.9 Å². The lowest BCUT2D eigenvalue weighted by Gasteiger charge is -2.33. The molecular formula is C13H14Cl2INO. The second-order valence-corrected chi connectivity index (χ2v) is 6.49. The summed E-state index contributed by atoms with van der Waals surface area (Å²) in [5.74, 6) is 0.0300. The van der Waals surface area contributed by atoms with Crippen molar-refractivity contribution in [2.45, 2.75) is 32.2 Å². The molecule has 98 valence electrons. The average Bonchev–Trinajstić information content (AvgIpc) is 2.35. The van der Waals surface area contributed by atoms with Crippen molar-refractivity contribution in [3.05, 3.63) is 31.3 Å². The Labute approximate surface area is 131 Å². The predicted octanol–water partition coefficient (Wildman–Crippen LogP) is 4.61. The van der Waals surface area contributed by atoms with E-state index in [1.54, 1.807) is 12.1 Å². The van der Waals surface area contributed by atoms with E-state index in [1.165, 1.54) is 6.42 Å². The number of halogens is 3. The summed E-state index contributed by atoms with van der Waals surface area (Å²) < 4.78 is 0.791. The van der Waals surface area contributed by atoms with Crippen molar-refractivity contribution in [1.29, 1.82) is 0 Å². The van der Waals surface area contributed by atoms with Gasteiger partial charge in [-0.25, -0.2) is 0 Å². The molecule has 5 heteroatoms. The highest BCUT2D eigenvalue weighted by Crippen LogP contribution is 2.29. The summed E-state index contributed by atoms with van der Waals surface area (Å²) in [6.45, 7) is 2.91. The molecule has 1 aliphatic heterocycles. The molecule has 1 unspecified atom stereocenters. The molecule has 0 saturated carbocycles. The third-order valence-corrected chi connectivity index (χ3v) is 5.69. The summed E-state index contributed by atoms with van der Waals surface area (Å²) in [6, 6.07) is 3.71. The first-order valence-electron chi connectivity index (χ1n) is 5.96. The molecule has 0 spiro atoms. The molecule has 0 N–H and O–H groups in total. The summed E-state index contributed by atoms with van der Waals surface area (Å²) in [7, 11) is 0. The normalized spacial score (nSPS) is 20.0. The van der Waals surface area contributed by atoms with E-state index >= 15 is 0 Å². The fourth-order valence-corrected chi connectivity index (χ4v) is 3.04. The number of hydrogen-bond donors (Lipinski definition) is 0. The third-order valence-electron chi connectivity index (χ3n) is 3.29. The Balaban J connectivity index is 2.28. The first-order chi connectivity index (χ1) is 8.50. The Morgan fingerprint density at radius 1 is 1.33 bits per heavy atom. The Bertz CT molecular complexity index is 455. The zero-order valence-corrected chi connectivity index (χ0v) is 13.7. The van der Waals surface area contributed by atoms with Crippen LogP contribution in [0.3, 0.4) is 0 Å². The molecule has 1 heterocycles. The van der Waals surface area contributed by atoms with Crippen LogP contribution < -0.4 is 0 Å². The summed E-state index contributed by atoms with van der Waals surface area (Å²) in [5, 5.41) is 1.08. The van der Waals surface area contributed by atoms with Gasteiger partial charge in [0.25, 0.3) is 5.91 Å². The largest absolute Gasteiger partial charge is 0.336 e. The molecule has 0 bridgehead atoms. The molecule has 1 atom stereocenters. The zero-order valence-electron chi connectivity index (χ0n) is 10.0. The summed E-state index contributed by atoms with van der Waals surface area (Å²) >= 11 is 14.2. The number of amides is 1. The van der Waals surface area contributed by atoms with E-state index in [4.69, 9.17) is 23.2 Å². The minimum atomic E-state index is 0.0300. The second-order valence-electron chi connectivity index (χ2n) is 4.60. The van der Waals surface area contributed by atoms with Crippen molar-refractivity contribution in [3.8, 4) is 0 Å². The van der Waals surface area contributed by atoms with E-state index in [0.717, 1.165) is 23.0 Å². The second kappa shape index (κ2) is 5.97. The van der Waals surface area contributed by atoms with Crippen molar-refractivity contribution in [2.75, 3.05) is 6.54 Å². The van der Waals surface area contributed by atoms with Gasteiger partial charge >= 0.3 is 0 Å². The Morgan fingerprint density at radius 2 is 1.94 bits per heavy atom. The molecule has 1 fully saturated rings. The van der Waals surface area contributed by atoms with Crippen LogP contribution in [0, 0.1) is 3.57 Å². The predicted molar refractivity (Wildman–Crippen MR) is 83.5 cm³/mol. The molecule has 1 aliphatic rings. The van der Waals surface area contributed by atoms with Gasteiger partial charge in [0.15, 0.2) is 0 Å². The van der Waals surface area contributed by atoms with E-state index in [2.05, 4.69) is 29.5 Å². The Morgan fingerprint density at radius 3 is 2.50 bits per heavy atom. The quantitative estimate of drug-likeness (QED) is 0.500. The number of rotatable bonds is 1. The molecule has 0 aromatic heterocycles. The molecule has 2 nitrogen and oxygen atoms in total. The van der Waals surface area contributed by atoms with Gasteiger partial charge in [-0.2, -0.15) is 0 Å². The maximum atomic E-state index is 12.4. The van der Waals surface area contributed by atoms with Crippen molar-refractivity contribution in [1.82, 2.24) is 4.90 Å². The average molecular weight is 398 g/mol. The van der Waals surface area contributed by atoms with E-state index in [9.17, 15) is 4.79 Å². The van der Waals surface area contributed by atoms with E-state index in [0.29, 0.717) is 21.7 Å². The van der Waals surface area contributed by atoms with Crippen molar-refractivity contribution in [2.24, 2.45) is 0 Å². The minimum Gasteiger partial charge on any atom is -0.336 e. The summed E-state index contributed by atoms with van der Waals surface area (Å²) in [5.41, 5.74) is 0.583. The maximum absolute atomic E-state index is 12.4. The van der Waals surface area contributed by atoms with Gasteiger partial charge < -0.3 is 4.90 Å². The number of benzene rings is 1. The third kappa shape index (κ3) is 2.94. The standard InChI is InChI=1S/C13H14Cl2INO/c1-8-4-2-3-5-17(8)13(18)9-6-10(14)12(16)11(15)7-9/h6-8H,2-5H2,1H3. The molecule has 1 aromatic rings. The molecule has 1 amide bonds. The molecule has 0 radical (unpaired) electrons. The van der Waals surface area contributed by atoms with Crippen molar-refractivity contribution < 1.29 is 4.79 Å². The van der Waals surface area contributed by atoms with Crippen LogP contribution in [-0.4, -0.2) is 23.4 Å². The Hall–Kier alpha value is -0.000000000000000167. The number of likely N-dealkylation sites (tertiary alicyclic amines) is 1. The van der Waals surface area contributed by atoms with E-state index in [1.807, 2.05) is 4.90 Å². The first kappa shape index (κ1) is 14.4. The number of carbonyl (C=O) groups excluding carboxylic acids is 1. The van der Waals surface area contributed by atoms with E-state index < -0.39 is 0 Å². The molecule has 0 aliphatic carbocycles. The zero-order chi connectivity index (χ0) is 13.3. The molecular weight excluding hydrogens is 384 g/mol. The van der Waals surface area contributed by atoms with Crippen molar-refractivity contribution >= 4 is 51.7 Å². The highest BCUT2D eigenvalue weighted by molar-refractivity contribution is 14.1. The monoisotopic (exact) mass is 397 g/mol. The van der Waals surface area contributed by atoms with Crippen LogP contribution in [0.2, 0.25) is 10.0 Å². The first-order valence-corrected chi connectivity index (χ1v) is 7.79. The van der Waals surface area contributed by atoms with Gasteiger partial charge in [0.2, 0.25) is 0 Å². The van der Waals surface area contributed by atoms with Gasteiger partial charge in [0.1, 0.15) is 0 Å². The minimum absolute atomic E-state index is 0.0300. The van der Waals surface area contributed by atoms with Crippen LogP contribution >= 0.6 is 45.8 Å². The lowest BCUT2D eigenvalue weighted by molar-refractivity contribution is 0.0635. The SMILES string of the molecule is CC1CCCCN1C(=O)c1cc(Cl)c(I)c(Cl)c1. The fraction of sp³-hybridized carbons (Fsp3) is 0.462. The molecule has 1 saturated heterocycles. The lowest BCUT2D eigenvalue weighted by atomic mass is 10.0. The fourth-order valence-electron chi connectivity index (χ4n) is 2.24. The van der Waals surface area contributed by atoms with Crippen LogP contribution in [0.15, 0.2) is 12.1 Å². The topological polar surface area (TPSA) is 20.3 Å². The molecule has 1 aromatic carbocycles. The summed E-state index contributed by atoms with van der Waals surface area (Å²) in [6.07, 6.45) is 3.33. The van der Waals surface area contributed by atoms with Crippen LogP contribution in [0.25, 0.3) is 0 Å². The van der Waals surface area contributed by atoms with Crippen LogP contribution in [0.5, 0.6) is 0 Å². The number of carbonyl (C=O) groups is 1. The van der Waals surface area contributed by atoms with Crippen molar-refractivity contribution in [3.63, 3.8) is 0 Å². The lowest BCUT2D eigenvalue weighted by Crippen LogP contribution is -2.42. The Kier molecular flexibility index (Phi) is 4.78. The highest BCUT2D eigenvalue weighted by Gasteiger charge is 2.25. The number of nitrogens with zero attached hydrogens (tertiary/aromatic N) is 1. The number of piperidine rings is 1. The van der Waals surface area contributed by atoms with Gasteiger partial charge in [0, 0.05) is 18.2 Å². The van der Waals surface area contributed by atoms with Crippen LogP contribution in [0.4, 0.5) is 0 Å².